The zero-order valence-corrected chi connectivity index (χ0v) is 45.3. The zero-order chi connectivity index (χ0) is 56.4. The summed E-state index contributed by atoms with van der Waals surface area (Å²) < 4.78 is 27.8. The Labute approximate surface area is 448 Å². The molecule has 1 fully saturated rings. The van der Waals surface area contributed by atoms with Crippen molar-refractivity contribution in [3.05, 3.63) is 23.8 Å². The van der Waals surface area contributed by atoms with Crippen molar-refractivity contribution < 1.29 is 81.5 Å². The van der Waals surface area contributed by atoms with Crippen LogP contribution in [0.2, 0.25) is 0 Å². The standard InChI is InChI=1S/C51H79N7O17S/c1-33(2)46(56-35(4)60)41(62)27-36(12-10-17-55-50(52)69)47(65)57-39-15-14-37(30-75-51(70)53-5)42(28-39)74-31-40(61)13-8-6-7-9-20-71-22-24-73-25-23-72-21-11-18-54-44(63)16-19-58-45(64)29-43(48(58)66)76-32-38(49(67)68)26-34(3)59/h14-15,28,33,36,38,43,46H,6-13,16-27,29-32H2,1-5H3,(H,53,70)(H,54,63)(H,56,60)(H,57,65)(H,67,68)(H3,52,55,69)/t36-,38+,43?,46+/m1/s1. The lowest BCUT2D eigenvalue weighted by Gasteiger charge is -2.23. The number of hydrogen-bond acceptors (Lipinski definition) is 17. The highest BCUT2D eigenvalue weighted by Crippen LogP contribution is 2.29. The summed E-state index contributed by atoms with van der Waals surface area (Å²) in [5.41, 5.74) is 5.91. The third-order valence-electron chi connectivity index (χ3n) is 11.7. The Bertz CT molecular complexity index is 2090. The van der Waals surface area contributed by atoms with Gasteiger partial charge >= 0.3 is 18.1 Å². The fraction of sp³-hybridized carbons (Fsp3) is 0.667. The lowest BCUT2D eigenvalue weighted by Crippen LogP contribution is -2.44. The van der Waals surface area contributed by atoms with Gasteiger partial charge in [-0.05, 0) is 57.1 Å². The van der Waals surface area contributed by atoms with Crippen LogP contribution in [0.15, 0.2) is 18.2 Å². The number of ketones is 3. The van der Waals surface area contributed by atoms with Gasteiger partial charge in [-0.3, -0.25) is 43.3 Å². The topological polar surface area (TPSA) is 344 Å². The van der Waals surface area contributed by atoms with E-state index in [0.717, 1.165) is 35.9 Å². The summed E-state index contributed by atoms with van der Waals surface area (Å²) in [5, 5.41) is 21.6. The predicted octanol–water partition coefficient (Wildman–Crippen LogP) is 3.05. The number of aliphatic carboxylic acids is 1. The zero-order valence-electron chi connectivity index (χ0n) is 44.5. The number of carboxylic acid groups (broad SMARTS) is 1. The molecule has 1 aliphatic heterocycles. The molecule has 426 valence electrons. The number of imide groups is 1. The summed E-state index contributed by atoms with van der Waals surface area (Å²) in [7, 11) is 1.41. The van der Waals surface area contributed by atoms with Gasteiger partial charge in [0.1, 0.15) is 24.7 Å². The maximum atomic E-state index is 13.7. The van der Waals surface area contributed by atoms with E-state index in [9.17, 15) is 57.8 Å². The highest BCUT2D eigenvalue weighted by Gasteiger charge is 2.39. The number of nitrogens with two attached hydrogens (primary N) is 1. The van der Waals surface area contributed by atoms with Crippen LogP contribution in [0.1, 0.15) is 110 Å². The Morgan fingerprint density at radius 3 is 2.11 bits per heavy atom. The fourth-order valence-corrected chi connectivity index (χ4v) is 8.87. The lowest BCUT2D eigenvalue weighted by atomic mass is 9.89. The number of nitrogens with one attached hydrogen (secondary N) is 5. The van der Waals surface area contributed by atoms with Crippen LogP contribution in [0.3, 0.4) is 0 Å². The van der Waals surface area contributed by atoms with Gasteiger partial charge in [-0.25, -0.2) is 9.59 Å². The van der Waals surface area contributed by atoms with Crippen molar-refractivity contribution >= 4 is 82.4 Å². The average molecular weight is 1090 g/mol. The van der Waals surface area contributed by atoms with E-state index in [1.54, 1.807) is 26.0 Å². The van der Waals surface area contributed by atoms with Crippen LogP contribution < -0.4 is 37.1 Å². The number of anilines is 1. The molecule has 76 heavy (non-hydrogen) atoms. The molecule has 2 rings (SSSR count). The Hall–Kier alpha value is -6.18. The van der Waals surface area contributed by atoms with Crippen LogP contribution >= 0.6 is 11.8 Å². The number of urea groups is 1. The highest BCUT2D eigenvalue weighted by molar-refractivity contribution is 8.00. The SMILES string of the molecule is CNC(=O)OCc1ccc(NC(=O)[C@H](CCCNC(N)=O)CC(=O)[C@@H](NC(C)=O)C(C)C)cc1OCC(=O)CCCCCCOCCOCCOCCCNC(=O)CCN1C(=O)CC(SC[C@H](CC(C)=O)C(=O)O)C1=O. The van der Waals surface area contributed by atoms with E-state index in [1.807, 2.05) is 0 Å². The fourth-order valence-electron chi connectivity index (χ4n) is 7.61. The number of Topliss-reactive ketones (excluding diaryl/α,β-unsaturated/α-hetero) is 3. The second-order valence-electron chi connectivity index (χ2n) is 18.5. The van der Waals surface area contributed by atoms with Crippen molar-refractivity contribution in [3.8, 4) is 5.75 Å². The number of nitrogens with zero attached hydrogens (tertiary/aromatic N) is 1. The number of rotatable bonds is 42. The average Bonchev–Trinajstić information content (AvgIpc) is 3.63. The third kappa shape index (κ3) is 28.1. The summed E-state index contributed by atoms with van der Waals surface area (Å²) in [6, 6.07) is 3.13. The Morgan fingerprint density at radius 1 is 0.816 bits per heavy atom. The molecule has 0 aromatic heterocycles. The van der Waals surface area contributed by atoms with E-state index in [0.29, 0.717) is 76.7 Å². The van der Waals surface area contributed by atoms with Crippen LogP contribution in [-0.4, -0.2) is 165 Å². The Balaban J connectivity index is 1.64. The van der Waals surface area contributed by atoms with Crippen molar-refractivity contribution in [2.24, 2.45) is 23.5 Å². The lowest BCUT2D eigenvalue weighted by molar-refractivity contribution is -0.143. The van der Waals surface area contributed by atoms with Crippen LogP contribution in [0.5, 0.6) is 5.75 Å². The number of likely N-dealkylation sites (tertiary alicyclic amines) is 1. The second-order valence-corrected chi connectivity index (χ2v) is 19.7. The van der Waals surface area contributed by atoms with E-state index < -0.39 is 58.9 Å². The van der Waals surface area contributed by atoms with Crippen molar-refractivity contribution in [1.29, 1.82) is 0 Å². The van der Waals surface area contributed by atoms with Gasteiger partial charge in [0.2, 0.25) is 29.5 Å². The molecule has 8 amide bonds. The minimum absolute atomic E-state index is 0.0238. The van der Waals surface area contributed by atoms with Crippen LogP contribution in [-0.2, 0) is 68.7 Å². The molecule has 24 nitrogen and oxygen atoms in total. The number of hydrogen-bond donors (Lipinski definition) is 7. The first-order valence-corrected chi connectivity index (χ1v) is 26.7. The first-order chi connectivity index (χ1) is 36.2. The summed E-state index contributed by atoms with van der Waals surface area (Å²) in [6.07, 6.45) is 3.24. The van der Waals surface area contributed by atoms with Gasteiger partial charge in [0, 0.05) is 108 Å². The number of amides is 8. The maximum Gasteiger partial charge on any atom is 0.407 e. The van der Waals surface area contributed by atoms with Crippen LogP contribution in [0, 0.1) is 17.8 Å². The van der Waals surface area contributed by atoms with Crippen molar-refractivity contribution in [2.75, 3.05) is 84.0 Å². The molecule has 4 atom stereocenters. The molecule has 1 heterocycles. The Kier molecular flexibility index (Phi) is 32.6. The van der Waals surface area contributed by atoms with Crippen molar-refractivity contribution in [1.82, 2.24) is 26.2 Å². The number of unbranched alkanes of at least 4 members (excludes halogenated alkanes) is 3. The smallest absolute Gasteiger partial charge is 0.407 e. The van der Waals surface area contributed by atoms with E-state index in [-0.39, 0.29) is 111 Å². The molecule has 1 saturated heterocycles. The van der Waals surface area contributed by atoms with Crippen molar-refractivity contribution in [3.63, 3.8) is 0 Å². The molecule has 0 spiro atoms. The number of thioether (sulfide) groups is 1. The summed E-state index contributed by atoms with van der Waals surface area (Å²) >= 11 is 1.04. The van der Waals surface area contributed by atoms with Gasteiger partial charge in [0.05, 0.1) is 43.6 Å². The van der Waals surface area contributed by atoms with E-state index in [4.69, 9.17) is 29.4 Å². The molecule has 8 N–H and O–H groups in total. The number of carbonyl (C=O) groups is 11. The third-order valence-corrected chi connectivity index (χ3v) is 13.0. The largest absolute Gasteiger partial charge is 0.485 e. The second kappa shape index (κ2) is 37.5. The number of primary amides is 1. The van der Waals surface area contributed by atoms with Gasteiger partial charge < -0.3 is 65.9 Å². The molecule has 0 radical (unpaired) electrons. The normalized spacial score (nSPS) is 14.3. The summed E-state index contributed by atoms with van der Waals surface area (Å²) in [6.45, 7) is 8.56. The molecule has 0 bridgehead atoms. The molecule has 1 aliphatic rings. The van der Waals surface area contributed by atoms with Crippen LogP contribution in [0.25, 0.3) is 0 Å². The molecule has 1 aromatic rings. The molecular formula is C51H79N7O17S. The Morgan fingerprint density at radius 2 is 1.47 bits per heavy atom. The van der Waals surface area contributed by atoms with E-state index >= 15 is 0 Å². The van der Waals surface area contributed by atoms with E-state index in [1.165, 1.54) is 27.0 Å². The summed E-state index contributed by atoms with van der Waals surface area (Å²) in [4.78, 5) is 136. The summed E-state index contributed by atoms with van der Waals surface area (Å²) in [5.74, 6) is -5.77. The monoisotopic (exact) mass is 1090 g/mol. The van der Waals surface area contributed by atoms with Gasteiger partial charge in [0.15, 0.2) is 11.6 Å². The molecule has 1 unspecified atom stereocenters. The number of benzene rings is 1. The van der Waals surface area contributed by atoms with Crippen LogP contribution in [0.4, 0.5) is 15.3 Å². The maximum absolute atomic E-state index is 13.7. The number of carboxylic acids is 1. The minimum atomic E-state index is -1.14. The molecule has 0 aliphatic carbocycles. The molecular weight excluding hydrogens is 1010 g/mol. The molecule has 0 saturated carbocycles. The van der Waals surface area contributed by atoms with Gasteiger partial charge in [-0.2, -0.15) is 0 Å². The minimum Gasteiger partial charge on any atom is -0.485 e. The first-order valence-electron chi connectivity index (χ1n) is 25.7. The first kappa shape index (κ1) is 65.9. The van der Waals surface area contributed by atoms with Gasteiger partial charge in [0.25, 0.3) is 0 Å². The molecule has 25 heteroatoms. The van der Waals surface area contributed by atoms with Gasteiger partial charge in [-0.15, -0.1) is 11.8 Å². The highest BCUT2D eigenvalue weighted by atomic mass is 32.2. The van der Waals surface area contributed by atoms with E-state index in [2.05, 4.69) is 26.6 Å². The number of alkyl carbamates (subject to hydrolysis) is 1. The van der Waals surface area contributed by atoms with Crippen molar-refractivity contribution in [2.45, 2.75) is 123 Å². The molecule has 1 aromatic carbocycles. The predicted molar refractivity (Wildman–Crippen MR) is 279 cm³/mol. The quantitative estimate of drug-likeness (QED) is 0.0365. The van der Waals surface area contributed by atoms with Gasteiger partial charge in [-0.1, -0.05) is 26.7 Å². The number of carbonyl (C=O) groups excluding carboxylic acids is 10. The number of ether oxygens (including phenoxy) is 5.